The highest BCUT2D eigenvalue weighted by Gasteiger charge is 2.05. The van der Waals surface area contributed by atoms with Crippen LogP contribution in [0.4, 0.5) is 0 Å². The summed E-state index contributed by atoms with van der Waals surface area (Å²) in [5, 5.41) is 0. The van der Waals surface area contributed by atoms with Gasteiger partial charge in [0.25, 0.3) is 0 Å². The van der Waals surface area contributed by atoms with Crippen molar-refractivity contribution in [1.29, 1.82) is 0 Å². The lowest BCUT2D eigenvalue weighted by atomic mass is 10.3. The molecule has 1 nitrogen and oxygen atoms in total. The molecule has 0 aromatic heterocycles. The first kappa shape index (κ1) is 8.39. The average Bonchev–Trinajstić information content (AvgIpc) is 1.64. The van der Waals surface area contributed by atoms with E-state index in [1.807, 2.05) is 0 Å². The Morgan fingerprint density at radius 3 is 1.62 bits per heavy atom. The third-order valence-corrected chi connectivity index (χ3v) is 1.41. The van der Waals surface area contributed by atoms with Gasteiger partial charge < -0.3 is 0 Å². The summed E-state index contributed by atoms with van der Waals surface area (Å²) in [7, 11) is 2.65. The van der Waals surface area contributed by atoms with Crippen LogP contribution in [-0.2, 0) is 0 Å². The van der Waals surface area contributed by atoms with E-state index >= 15 is 0 Å². The van der Waals surface area contributed by atoms with Crippen LogP contribution in [0.25, 0.3) is 0 Å². The predicted molar refractivity (Wildman–Crippen MR) is 41.9 cm³/mol. The maximum absolute atomic E-state index is 2.65. The first-order valence-electron chi connectivity index (χ1n) is 3.30. The van der Waals surface area contributed by atoms with Gasteiger partial charge in [0.15, 0.2) is 0 Å². The van der Waals surface area contributed by atoms with Gasteiger partial charge in [0.05, 0.1) is 0 Å². The van der Waals surface area contributed by atoms with E-state index < -0.39 is 0 Å². The topological polar surface area (TPSA) is 3.24 Å². The lowest BCUT2D eigenvalue weighted by molar-refractivity contribution is 0.342. The Hall–Kier alpha value is 0.390. The summed E-state index contributed by atoms with van der Waals surface area (Å²) >= 11 is 0. The second-order valence-corrected chi connectivity index (χ2v) is 2.83. The molecule has 0 aliphatic carbocycles. The maximum atomic E-state index is 2.65. The van der Waals surface area contributed by atoms with E-state index in [-0.39, 0.29) is 0 Å². The fourth-order valence-electron chi connectivity index (χ4n) is 0.341. The Bertz CT molecular complexity index is 43.8. The van der Waals surface area contributed by atoms with Crippen molar-refractivity contribution < 1.29 is 0 Å². The lowest BCUT2D eigenvalue weighted by Crippen LogP contribution is -2.26. The molecular formula is C6H16NP. The second-order valence-electron chi connectivity index (χ2n) is 2.10. The van der Waals surface area contributed by atoms with E-state index in [2.05, 4.69) is 27.9 Å². The van der Waals surface area contributed by atoms with Gasteiger partial charge in [-0.25, -0.2) is 0 Å². The van der Waals surface area contributed by atoms with Crippen molar-refractivity contribution in [3.8, 4) is 0 Å². The molecule has 1 unspecified atom stereocenters. The van der Waals surface area contributed by atoms with Crippen molar-refractivity contribution in [2.24, 2.45) is 0 Å². The largest absolute Gasteiger partial charge is 0.287 e. The zero-order valence-electron chi connectivity index (χ0n) is 5.85. The van der Waals surface area contributed by atoms with Crippen LogP contribution in [0.3, 0.4) is 0 Å². The van der Waals surface area contributed by atoms with Crippen LogP contribution in [0.15, 0.2) is 0 Å². The Balaban J connectivity index is 0.000000145. The first-order valence-corrected chi connectivity index (χ1v) is 3.82. The molecule has 8 heavy (non-hydrogen) atoms. The van der Waals surface area contributed by atoms with Gasteiger partial charge in [-0.3, -0.25) is 4.67 Å². The van der Waals surface area contributed by atoms with Gasteiger partial charge >= 0.3 is 0 Å². The van der Waals surface area contributed by atoms with Gasteiger partial charge in [0, 0.05) is 13.1 Å². The summed E-state index contributed by atoms with van der Waals surface area (Å²) in [6, 6.07) is 0. The van der Waals surface area contributed by atoms with E-state index in [1.165, 1.54) is 25.9 Å². The molecule has 0 radical (unpaired) electrons. The molecule has 0 bridgehead atoms. The fourth-order valence-corrected chi connectivity index (χ4v) is 0.706. The summed E-state index contributed by atoms with van der Waals surface area (Å²) in [6.45, 7) is 6.81. The number of nitrogens with zero attached hydrogens (tertiary/aromatic N) is 1. The summed E-state index contributed by atoms with van der Waals surface area (Å²) < 4.78 is 2.22. The standard InChI is InChI=1S/C3H8NP.C3H8/c5-4-2-1-3-4;1-3-2/h1-3,5H2;3H2,1-2H3. The van der Waals surface area contributed by atoms with Gasteiger partial charge in [-0.05, 0) is 6.42 Å². The third kappa shape index (κ3) is 4.55. The zero-order chi connectivity index (χ0) is 6.41. The van der Waals surface area contributed by atoms with Crippen LogP contribution in [-0.4, -0.2) is 17.8 Å². The molecule has 0 N–H and O–H groups in total. The van der Waals surface area contributed by atoms with Gasteiger partial charge in [-0.2, -0.15) is 0 Å². The molecule has 1 heterocycles. The second kappa shape index (κ2) is 5.53. The molecule has 0 amide bonds. The molecule has 1 aliphatic rings. The molecule has 1 rings (SSSR count). The molecular weight excluding hydrogens is 117 g/mol. The van der Waals surface area contributed by atoms with Gasteiger partial charge in [-0.1, -0.05) is 29.7 Å². The van der Waals surface area contributed by atoms with Crippen molar-refractivity contribution in [2.45, 2.75) is 26.7 Å². The van der Waals surface area contributed by atoms with E-state index in [1.54, 1.807) is 0 Å². The highest BCUT2D eigenvalue weighted by Crippen LogP contribution is 2.09. The van der Waals surface area contributed by atoms with Crippen LogP contribution in [0.1, 0.15) is 26.7 Å². The van der Waals surface area contributed by atoms with Crippen LogP contribution >= 0.6 is 9.39 Å². The Morgan fingerprint density at radius 2 is 1.62 bits per heavy atom. The summed E-state index contributed by atoms with van der Waals surface area (Å²) in [5.74, 6) is 0. The molecule has 0 aromatic carbocycles. The van der Waals surface area contributed by atoms with Gasteiger partial charge in [0.2, 0.25) is 0 Å². The Morgan fingerprint density at radius 1 is 1.38 bits per heavy atom. The monoisotopic (exact) mass is 133 g/mol. The molecule has 1 atom stereocenters. The zero-order valence-corrected chi connectivity index (χ0v) is 7.01. The summed E-state index contributed by atoms with van der Waals surface area (Å²) in [4.78, 5) is 0. The van der Waals surface area contributed by atoms with E-state index in [9.17, 15) is 0 Å². The quantitative estimate of drug-likeness (QED) is 0.456. The molecule has 1 saturated heterocycles. The summed E-state index contributed by atoms with van der Waals surface area (Å²) in [6.07, 6.45) is 2.64. The van der Waals surface area contributed by atoms with Crippen molar-refractivity contribution in [2.75, 3.05) is 13.1 Å². The van der Waals surface area contributed by atoms with Crippen LogP contribution in [0.2, 0.25) is 0 Å². The van der Waals surface area contributed by atoms with Crippen molar-refractivity contribution in [3.63, 3.8) is 0 Å². The molecule has 0 aromatic rings. The maximum Gasteiger partial charge on any atom is 0.00285 e. The highest BCUT2D eigenvalue weighted by atomic mass is 31.0. The van der Waals surface area contributed by atoms with Crippen LogP contribution < -0.4 is 0 Å². The molecule has 0 saturated carbocycles. The van der Waals surface area contributed by atoms with Crippen molar-refractivity contribution in [3.05, 3.63) is 0 Å². The van der Waals surface area contributed by atoms with Gasteiger partial charge in [-0.15, -0.1) is 0 Å². The number of hydrogen-bond donors (Lipinski definition) is 0. The van der Waals surface area contributed by atoms with Crippen LogP contribution in [0.5, 0.6) is 0 Å². The smallest absolute Gasteiger partial charge is 0.00285 e. The average molecular weight is 133 g/mol. The van der Waals surface area contributed by atoms with Crippen molar-refractivity contribution >= 4 is 9.39 Å². The Labute approximate surface area is 54.7 Å². The fraction of sp³-hybridized carbons (Fsp3) is 1.00. The van der Waals surface area contributed by atoms with Gasteiger partial charge in [0.1, 0.15) is 0 Å². The van der Waals surface area contributed by atoms with E-state index in [4.69, 9.17) is 0 Å². The highest BCUT2D eigenvalue weighted by molar-refractivity contribution is 7.13. The first-order chi connectivity index (χ1) is 3.81. The van der Waals surface area contributed by atoms with E-state index in [0.717, 1.165) is 0 Å². The minimum Gasteiger partial charge on any atom is -0.287 e. The van der Waals surface area contributed by atoms with E-state index in [0.29, 0.717) is 0 Å². The SMILES string of the molecule is CCC.PN1CCC1. The molecule has 1 fully saturated rings. The predicted octanol–water partition coefficient (Wildman–Crippen LogP) is 1.90. The minimum absolute atomic E-state index is 1.25. The number of hydrogen-bond acceptors (Lipinski definition) is 1. The normalized spacial score (nSPS) is 18.4. The Kier molecular flexibility index (Phi) is 5.79. The molecule has 0 spiro atoms. The molecule has 1 aliphatic heterocycles. The molecule has 50 valence electrons. The lowest BCUT2D eigenvalue weighted by Gasteiger charge is -2.24. The third-order valence-electron chi connectivity index (χ3n) is 0.891. The number of rotatable bonds is 0. The van der Waals surface area contributed by atoms with Crippen molar-refractivity contribution in [1.82, 2.24) is 4.67 Å². The summed E-state index contributed by atoms with van der Waals surface area (Å²) in [5.41, 5.74) is 0. The molecule has 2 heteroatoms. The minimum atomic E-state index is 1.25. The van der Waals surface area contributed by atoms with Crippen LogP contribution in [0, 0.1) is 0 Å².